The predicted molar refractivity (Wildman–Crippen MR) is 57.6 cm³/mol. The summed E-state index contributed by atoms with van der Waals surface area (Å²) in [5.74, 6) is 0. The van der Waals surface area contributed by atoms with E-state index in [2.05, 4.69) is 18.1 Å². The second-order valence-electron chi connectivity index (χ2n) is 3.52. The van der Waals surface area contributed by atoms with Crippen LogP contribution in [-0.2, 0) is 12.8 Å². The minimum Gasteiger partial charge on any atom is -0.358 e. The van der Waals surface area contributed by atoms with Crippen LogP contribution in [0.2, 0.25) is 0 Å². The van der Waals surface area contributed by atoms with Crippen molar-refractivity contribution in [3.8, 4) is 0 Å². The number of hydrogen-bond donors (Lipinski definition) is 1. The number of H-pyrrole nitrogens is 1. The second-order valence-corrected chi connectivity index (χ2v) is 3.52. The SMILES string of the molecule is C=Cc1[nH]c2c(c1C=C)CCCC2. The molecule has 0 atom stereocenters. The van der Waals surface area contributed by atoms with Gasteiger partial charge in [0.05, 0.1) is 0 Å². The van der Waals surface area contributed by atoms with Gasteiger partial charge < -0.3 is 4.98 Å². The fourth-order valence-corrected chi connectivity index (χ4v) is 2.13. The molecule has 1 heteroatoms. The summed E-state index contributed by atoms with van der Waals surface area (Å²) in [4.78, 5) is 3.41. The number of nitrogens with one attached hydrogen (secondary N) is 1. The van der Waals surface area contributed by atoms with E-state index in [1.54, 1.807) is 0 Å². The quantitative estimate of drug-likeness (QED) is 0.707. The van der Waals surface area contributed by atoms with Gasteiger partial charge in [0.25, 0.3) is 0 Å². The van der Waals surface area contributed by atoms with Crippen LogP contribution in [0, 0.1) is 0 Å². The molecule has 0 spiro atoms. The van der Waals surface area contributed by atoms with E-state index < -0.39 is 0 Å². The van der Waals surface area contributed by atoms with Crippen LogP contribution in [0.5, 0.6) is 0 Å². The molecule has 1 heterocycles. The van der Waals surface area contributed by atoms with Crippen LogP contribution in [0.25, 0.3) is 12.2 Å². The van der Waals surface area contributed by atoms with E-state index in [0.29, 0.717) is 0 Å². The fourth-order valence-electron chi connectivity index (χ4n) is 2.13. The Morgan fingerprint density at radius 1 is 1.08 bits per heavy atom. The van der Waals surface area contributed by atoms with Gasteiger partial charge in [0.1, 0.15) is 0 Å². The number of aryl methyl sites for hydroxylation is 1. The molecule has 13 heavy (non-hydrogen) atoms. The van der Waals surface area contributed by atoms with E-state index in [-0.39, 0.29) is 0 Å². The molecule has 1 aliphatic rings. The van der Waals surface area contributed by atoms with Crippen LogP contribution in [-0.4, -0.2) is 4.98 Å². The molecule has 0 aliphatic heterocycles. The molecule has 1 aromatic heterocycles. The Kier molecular flexibility index (Phi) is 2.09. The number of fused-ring (bicyclic) bond motifs is 1. The molecule has 68 valence electrons. The van der Waals surface area contributed by atoms with E-state index in [1.807, 2.05) is 12.2 Å². The number of aromatic nitrogens is 1. The summed E-state index contributed by atoms with van der Waals surface area (Å²) in [7, 11) is 0. The van der Waals surface area contributed by atoms with Crippen molar-refractivity contribution in [1.82, 2.24) is 4.98 Å². The third-order valence-electron chi connectivity index (χ3n) is 2.78. The molecule has 1 aromatic rings. The lowest BCUT2D eigenvalue weighted by atomic mass is 9.94. The Morgan fingerprint density at radius 2 is 1.85 bits per heavy atom. The first-order chi connectivity index (χ1) is 6.36. The summed E-state index contributed by atoms with van der Waals surface area (Å²) in [6.45, 7) is 7.66. The Labute approximate surface area is 79.2 Å². The van der Waals surface area contributed by atoms with Crippen molar-refractivity contribution in [3.63, 3.8) is 0 Å². The van der Waals surface area contributed by atoms with Gasteiger partial charge in [0, 0.05) is 17.0 Å². The molecule has 1 nitrogen and oxygen atoms in total. The molecule has 0 unspecified atom stereocenters. The lowest BCUT2D eigenvalue weighted by Gasteiger charge is -2.10. The average molecular weight is 173 g/mol. The third kappa shape index (κ3) is 1.24. The fraction of sp³-hybridized carbons (Fsp3) is 0.333. The minimum absolute atomic E-state index is 1.14. The van der Waals surface area contributed by atoms with Crippen LogP contribution in [0.15, 0.2) is 13.2 Å². The van der Waals surface area contributed by atoms with E-state index in [4.69, 9.17) is 0 Å². The predicted octanol–water partition coefficient (Wildman–Crippen LogP) is 3.18. The van der Waals surface area contributed by atoms with E-state index in [1.165, 1.54) is 42.5 Å². The van der Waals surface area contributed by atoms with Crippen molar-refractivity contribution in [1.29, 1.82) is 0 Å². The molecular formula is C12H15N. The largest absolute Gasteiger partial charge is 0.358 e. The molecule has 1 N–H and O–H groups in total. The molecule has 2 rings (SSSR count). The molecular weight excluding hydrogens is 158 g/mol. The smallest absolute Gasteiger partial charge is 0.0452 e. The van der Waals surface area contributed by atoms with Crippen molar-refractivity contribution < 1.29 is 0 Å². The summed E-state index contributed by atoms with van der Waals surface area (Å²) >= 11 is 0. The Morgan fingerprint density at radius 3 is 2.54 bits per heavy atom. The van der Waals surface area contributed by atoms with Gasteiger partial charge in [-0.3, -0.25) is 0 Å². The number of hydrogen-bond acceptors (Lipinski definition) is 0. The van der Waals surface area contributed by atoms with Crippen molar-refractivity contribution in [2.75, 3.05) is 0 Å². The summed E-state index contributed by atoms with van der Waals surface area (Å²) < 4.78 is 0. The van der Waals surface area contributed by atoms with Crippen LogP contribution in [0.4, 0.5) is 0 Å². The van der Waals surface area contributed by atoms with Gasteiger partial charge in [-0.2, -0.15) is 0 Å². The van der Waals surface area contributed by atoms with Gasteiger partial charge in [0.15, 0.2) is 0 Å². The maximum absolute atomic E-state index is 3.85. The summed E-state index contributed by atoms with van der Waals surface area (Å²) in [5.41, 5.74) is 5.28. The molecule has 0 radical (unpaired) electrons. The topological polar surface area (TPSA) is 15.8 Å². The van der Waals surface area contributed by atoms with Crippen LogP contribution in [0.1, 0.15) is 35.4 Å². The first-order valence-corrected chi connectivity index (χ1v) is 4.85. The van der Waals surface area contributed by atoms with Gasteiger partial charge in [0.2, 0.25) is 0 Å². The van der Waals surface area contributed by atoms with Gasteiger partial charge in [-0.15, -0.1) is 0 Å². The van der Waals surface area contributed by atoms with Crippen molar-refractivity contribution in [2.45, 2.75) is 25.7 Å². The van der Waals surface area contributed by atoms with Gasteiger partial charge >= 0.3 is 0 Å². The highest BCUT2D eigenvalue weighted by Gasteiger charge is 2.16. The normalized spacial score (nSPS) is 15.1. The lowest BCUT2D eigenvalue weighted by molar-refractivity contribution is 0.676. The molecule has 0 amide bonds. The van der Waals surface area contributed by atoms with Crippen molar-refractivity contribution >= 4 is 12.2 Å². The van der Waals surface area contributed by atoms with Crippen molar-refractivity contribution in [3.05, 3.63) is 35.7 Å². The Hall–Kier alpha value is -1.24. The minimum atomic E-state index is 1.14. The summed E-state index contributed by atoms with van der Waals surface area (Å²) in [5, 5.41) is 0. The zero-order chi connectivity index (χ0) is 9.26. The maximum Gasteiger partial charge on any atom is 0.0452 e. The van der Waals surface area contributed by atoms with Crippen LogP contribution in [0.3, 0.4) is 0 Å². The standard InChI is InChI=1S/C12H15N/c1-3-9-10-7-5-6-8-12(10)13-11(9)4-2/h3-4,13H,1-2,5-8H2. The first-order valence-electron chi connectivity index (χ1n) is 4.85. The summed E-state index contributed by atoms with van der Waals surface area (Å²) in [6, 6.07) is 0. The highest BCUT2D eigenvalue weighted by Crippen LogP contribution is 2.28. The molecule has 0 saturated carbocycles. The van der Waals surface area contributed by atoms with Gasteiger partial charge in [-0.25, -0.2) is 0 Å². The lowest BCUT2D eigenvalue weighted by Crippen LogP contribution is -2.00. The zero-order valence-corrected chi connectivity index (χ0v) is 7.90. The monoisotopic (exact) mass is 173 g/mol. The molecule has 0 fully saturated rings. The second kappa shape index (κ2) is 3.25. The van der Waals surface area contributed by atoms with E-state index in [0.717, 1.165) is 5.69 Å². The Bertz CT molecular complexity index is 344. The maximum atomic E-state index is 3.85. The number of rotatable bonds is 2. The average Bonchev–Trinajstić information content (AvgIpc) is 2.55. The van der Waals surface area contributed by atoms with Gasteiger partial charge in [-0.05, 0) is 37.3 Å². The third-order valence-corrected chi connectivity index (χ3v) is 2.78. The molecule has 0 saturated heterocycles. The summed E-state index contributed by atoms with van der Waals surface area (Å²) in [6.07, 6.45) is 8.82. The van der Waals surface area contributed by atoms with Crippen molar-refractivity contribution in [2.24, 2.45) is 0 Å². The van der Waals surface area contributed by atoms with Gasteiger partial charge in [-0.1, -0.05) is 19.2 Å². The van der Waals surface area contributed by atoms with Crippen LogP contribution < -0.4 is 0 Å². The van der Waals surface area contributed by atoms with E-state index >= 15 is 0 Å². The highest BCUT2D eigenvalue weighted by atomic mass is 14.7. The highest BCUT2D eigenvalue weighted by molar-refractivity contribution is 5.66. The Balaban J connectivity index is 2.56. The number of aromatic amines is 1. The van der Waals surface area contributed by atoms with Crippen LogP contribution >= 0.6 is 0 Å². The first kappa shape index (κ1) is 8.36. The molecule has 0 bridgehead atoms. The van der Waals surface area contributed by atoms with E-state index in [9.17, 15) is 0 Å². The zero-order valence-electron chi connectivity index (χ0n) is 7.90. The molecule has 1 aliphatic carbocycles. The molecule has 0 aromatic carbocycles.